The number of rotatable bonds is 5. The molecule has 1 aromatic carbocycles. The molecule has 0 radical (unpaired) electrons. The van der Waals surface area contributed by atoms with Crippen molar-refractivity contribution in [1.29, 1.82) is 0 Å². The van der Waals surface area contributed by atoms with E-state index < -0.39 is 0 Å². The summed E-state index contributed by atoms with van der Waals surface area (Å²) in [7, 11) is 0. The second-order valence-electron chi connectivity index (χ2n) is 5.01. The molecule has 0 aliphatic rings. The van der Waals surface area contributed by atoms with Crippen LogP contribution in [0.15, 0.2) is 24.3 Å². The van der Waals surface area contributed by atoms with Crippen molar-refractivity contribution < 1.29 is 0 Å². The molecule has 0 saturated heterocycles. The maximum atomic E-state index is 6.13. The third-order valence-corrected chi connectivity index (χ3v) is 3.32. The summed E-state index contributed by atoms with van der Waals surface area (Å²) < 4.78 is 0. The Morgan fingerprint density at radius 1 is 1.13 bits per heavy atom. The Bertz CT molecular complexity index is 302. The average Bonchev–Trinajstić information content (AvgIpc) is 2.16. The van der Waals surface area contributed by atoms with E-state index in [9.17, 15) is 0 Å². The Labute approximate surface area is 98.7 Å². The van der Waals surface area contributed by atoms with E-state index in [2.05, 4.69) is 32.9 Å². The van der Waals surface area contributed by atoms with Gasteiger partial charge in [-0.15, -0.1) is 0 Å². The van der Waals surface area contributed by atoms with E-state index >= 15 is 0 Å². The predicted molar refractivity (Wildman–Crippen MR) is 68.5 cm³/mol. The predicted octanol–water partition coefficient (Wildman–Crippen LogP) is 5.10. The number of hydrogen-bond donors (Lipinski definition) is 0. The molecule has 1 aromatic rings. The Balaban J connectivity index is 2.53. The fraction of sp³-hybridized carbons (Fsp3) is 0.571. The maximum absolute atomic E-state index is 6.13. The lowest BCUT2D eigenvalue weighted by atomic mass is 9.82. The second-order valence-corrected chi connectivity index (χ2v) is 5.41. The van der Waals surface area contributed by atoms with Crippen LogP contribution in [0, 0.1) is 5.41 Å². The molecule has 15 heavy (non-hydrogen) atoms. The molecule has 0 aliphatic carbocycles. The fourth-order valence-electron chi connectivity index (χ4n) is 1.98. The van der Waals surface area contributed by atoms with Gasteiger partial charge in [-0.05, 0) is 36.3 Å². The molecule has 84 valence electrons. The van der Waals surface area contributed by atoms with E-state index in [0.29, 0.717) is 5.41 Å². The maximum Gasteiger partial charge on any atom is 0.0437 e. The largest absolute Gasteiger partial charge is 0.0840 e. The zero-order valence-corrected chi connectivity index (χ0v) is 10.8. The highest BCUT2D eigenvalue weighted by molar-refractivity contribution is 6.31. The molecule has 0 N–H and O–H groups in total. The first kappa shape index (κ1) is 12.6. The lowest BCUT2D eigenvalue weighted by Crippen LogP contribution is -2.12. The molecule has 0 atom stereocenters. The van der Waals surface area contributed by atoms with Crippen LogP contribution in [0.2, 0.25) is 5.02 Å². The summed E-state index contributed by atoms with van der Waals surface area (Å²) in [4.78, 5) is 0. The summed E-state index contributed by atoms with van der Waals surface area (Å²) in [6, 6.07) is 8.16. The molecule has 0 heterocycles. The minimum atomic E-state index is 0.438. The van der Waals surface area contributed by atoms with Crippen LogP contribution in [-0.2, 0) is 6.42 Å². The second kappa shape index (κ2) is 5.55. The van der Waals surface area contributed by atoms with Crippen molar-refractivity contribution in [3.05, 3.63) is 34.9 Å². The molecule has 0 amide bonds. The summed E-state index contributed by atoms with van der Waals surface area (Å²) in [6.45, 7) is 6.93. The standard InChI is InChI=1S/C14H21Cl/c1-4-10-14(2,3)11-9-12-7-5-6-8-13(12)15/h5-8H,4,9-11H2,1-3H3. The number of aryl methyl sites for hydroxylation is 1. The van der Waals surface area contributed by atoms with E-state index in [4.69, 9.17) is 11.6 Å². The van der Waals surface area contributed by atoms with Gasteiger partial charge in [0.15, 0.2) is 0 Å². The summed E-state index contributed by atoms with van der Waals surface area (Å²) in [5.41, 5.74) is 1.72. The molecule has 0 fully saturated rings. The highest BCUT2D eigenvalue weighted by Gasteiger charge is 2.16. The van der Waals surface area contributed by atoms with Crippen molar-refractivity contribution in [3.8, 4) is 0 Å². The third kappa shape index (κ3) is 4.25. The van der Waals surface area contributed by atoms with Crippen molar-refractivity contribution >= 4 is 11.6 Å². The summed E-state index contributed by atoms with van der Waals surface area (Å²) in [5.74, 6) is 0. The minimum Gasteiger partial charge on any atom is -0.0840 e. The zero-order chi connectivity index (χ0) is 11.3. The van der Waals surface area contributed by atoms with Gasteiger partial charge in [0.2, 0.25) is 0 Å². The molecule has 0 aromatic heterocycles. The van der Waals surface area contributed by atoms with Crippen LogP contribution >= 0.6 is 11.6 Å². The van der Waals surface area contributed by atoms with E-state index in [-0.39, 0.29) is 0 Å². The summed E-state index contributed by atoms with van der Waals surface area (Å²) in [6.07, 6.45) is 4.85. The van der Waals surface area contributed by atoms with E-state index in [1.165, 1.54) is 24.8 Å². The Hall–Kier alpha value is -0.490. The van der Waals surface area contributed by atoms with Crippen LogP contribution < -0.4 is 0 Å². The summed E-state index contributed by atoms with van der Waals surface area (Å²) in [5, 5.41) is 0.907. The molecular weight excluding hydrogens is 204 g/mol. The molecule has 1 rings (SSSR count). The number of benzene rings is 1. The molecule has 0 spiro atoms. The van der Waals surface area contributed by atoms with Gasteiger partial charge in [0, 0.05) is 5.02 Å². The van der Waals surface area contributed by atoms with Gasteiger partial charge in [-0.25, -0.2) is 0 Å². The first-order valence-corrected chi connectivity index (χ1v) is 6.16. The fourth-order valence-corrected chi connectivity index (χ4v) is 2.21. The number of halogens is 1. The van der Waals surface area contributed by atoms with Crippen molar-refractivity contribution in [3.63, 3.8) is 0 Å². The monoisotopic (exact) mass is 224 g/mol. The molecule has 0 saturated carbocycles. The van der Waals surface area contributed by atoms with Crippen LogP contribution in [-0.4, -0.2) is 0 Å². The molecule has 0 aliphatic heterocycles. The van der Waals surface area contributed by atoms with Gasteiger partial charge in [-0.3, -0.25) is 0 Å². The van der Waals surface area contributed by atoms with Gasteiger partial charge in [-0.2, -0.15) is 0 Å². The number of hydrogen-bond acceptors (Lipinski definition) is 0. The van der Waals surface area contributed by atoms with Gasteiger partial charge in [0.1, 0.15) is 0 Å². The van der Waals surface area contributed by atoms with Gasteiger partial charge in [0.05, 0.1) is 0 Å². The van der Waals surface area contributed by atoms with Gasteiger partial charge in [-0.1, -0.05) is 57.0 Å². The molecule has 1 heteroatoms. The molecular formula is C14H21Cl. The molecule has 0 nitrogen and oxygen atoms in total. The normalized spacial score (nSPS) is 11.7. The zero-order valence-electron chi connectivity index (χ0n) is 10.0. The first-order chi connectivity index (χ1) is 7.05. The average molecular weight is 225 g/mol. The van der Waals surface area contributed by atoms with Crippen molar-refractivity contribution in [1.82, 2.24) is 0 Å². The van der Waals surface area contributed by atoms with Crippen LogP contribution in [0.3, 0.4) is 0 Å². The first-order valence-electron chi connectivity index (χ1n) is 5.78. The topological polar surface area (TPSA) is 0 Å². The third-order valence-electron chi connectivity index (χ3n) is 2.96. The quantitative estimate of drug-likeness (QED) is 0.653. The highest BCUT2D eigenvalue weighted by atomic mass is 35.5. The highest BCUT2D eigenvalue weighted by Crippen LogP contribution is 2.29. The van der Waals surface area contributed by atoms with Gasteiger partial charge >= 0.3 is 0 Å². The van der Waals surface area contributed by atoms with Crippen LogP contribution in [0.1, 0.15) is 45.6 Å². The van der Waals surface area contributed by atoms with E-state index in [0.717, 1.165) is 11.4 Å². The smallest absolute Gasteiger partial charge is 0.0437 e. The Morgan fingerprint density at radius 2 is 1.80 bits per heavy atom. The molecule has 0 bridgehead atoms. The Morgan fingerprint density at radius 3 is 2.40 bits per heavy atom. The van der Waals surface area contributed by atoms with Crippen LogP contribution in [0.5, 0.6) is 0 Å². The minimum absolute atomic E-state index is 0.438. The van der Waals surface area contributed by atoms with Crippen LogP contribution in [0.25, 0.3) is 0 Å². The van der Waals surface area contributed by atoms with Gasteiger partial charge in [0.25, 0.3) is 0 Å². The Kier molecular flexibility index (Phi) is 4.66. The van der Waals surface area contributed by atoms with Gasteiger partial charge < -0.3 is 0 Å². The SMILES string of the molecule is CCCC(C)(C)CCc1ccccc1Cl. The summed E-state index contributed by atoms with van der Waals surface area (Å²) >= 11 is 6.13. The van der Waals surface area contributed by atoms with E-state index in [1.807, 2.05) is 12.1 Å². The van der Waals surface area contributed by atoms with Crippen molar-refractivity contribution in [2.45, 2.75) is 46.5 Å². The lowest BCUT2D eigenvalue weighted by Gasteiger charge is -2.24. The molecule has 0 unspecified atom stereocenters. The van der Waals surface area contributed by atoms with E-state index in [1.54, 1.807) is 0 Å². The van der Waals surface area contributed by atoms with Crippen molar-refractivity contribution in [2.75, 3.05) is 0 Å². The van der Waals surface area contributed by atoms with Crippen LogP contribution in [0.4, 0.5) is 0 Å². The van der Waals surface area contributed by atoms with Crippen molar-refractivity contribution in [2.24, 2.45) is 5.41 Å². The lowest BCUT2D eigenvalue weighted by molar-refractivity contribution is 0.305.